The number of nitrogen functional groups attached to an aromatic ring is 1. The third-order valence-corrected chi connectivity index (χ3v) is 2.30. The summed E-state index contributed by atoms with van der Waals surface area (Å²) in [4.78, 5) is 26.4. The Hall–Kier alpha value is -1.82. The van der Waals surface area contributed by atoms with E-state index >= 15 is 0 Å². The zero-order chi connectivity index (χ0) is 12.8. The quantitative estimate of drug-likeness (QED) is 0.716. The Kier molecular flexibility index (Phi) is 4.71. The highest BCUT2D eigenvalue weighted by atomic mass is 35.5. The van der Waals surface area contributed by atoms with Crippen molar-refractivity contribution in [1.29, 1.82) is 0 Å². The van der Waals surface area contributed by atoms with E-state index in [1.54, 1.807) is 0 Å². The van der Waals surface area contributed by atoms with Gasteiger partial charge in [-0.3, -0.25) is 9.59 Å². The number of anilines is 1. The summed E-state index contributed by atoms with van der Waals surface area (Å²) in [5.41, 5.74) is 5.51. The third kappa shape index (κ3) is 3.92. The van der Waals surface area contributed by atoms with E-state index in [9.17, 15) is 9.59 Å². The normalized spacial score (nSPS) is 9.76. The topological polar surface area (TPSA) is 97.1 Å². The van der Waals surface area contributed by atoms with Gasteiger partial charge in [0.05, 0.1) is 5.02 Å². The van der Waals surface area contributed by atoms with Crippen LogP contribution in [0, 0.1) is 0 Å². The van der Waals surface area contributed by atoms with E-state index < -0.39 is 5.91 Å². The first-order valence-electron chi connectivity index (χ1n) is 4.95. The van der Waals surface area contributed by atoms with E-state index in [-0.39, 0.29) is 35.4 Å². The van der Waals surface area contributed by atoms with Crippen LogP contribution in [0.5, 0.6) is 0 Å². The first-order chi connectivity index (χ1) is 8.04. The van der Waals surface area contributed by atoms with Gasteiger partial charge in [-0.15, -0.1) is 0 Å². The maximum atomic E-state index is 11.6. The van der Waals surface area contributed by atoms with Crippen molar-refractivity contribution in [3.05, 3.63) is 22.8 Å². The van der Waals surface area contributed by atoms with Crippen LogP contribution in [0.4, 0.5) is 5.82 Å². The number of nitrogens with two attached hydrogens (primary N) is 1. The van der Waals surface area contributed by atoms with Crippen LogP contribution < -0.4 is 16.4 Å². The first-order valence-corrected chi connectivity index (χ1v) is 5.33. The number of carbonyl (C=O) groups is 2. The fraction of sp³-hybridized carbons (Fsp3) is 0.300. The van der Waals surface area contributed by atoms with Crippen molar-refractivity contribution in [2.24, 2.45) is 0 Å². The highest BCUT2D eigenvalue weighted by molar-refractivity contribution is 6.33. The second kappa shape index (κ2) is 6.05. The Labute approximate surface area is 104 Å². The average Bonchev–Trinajstić information content (AvgIpc) is 2.31. The summed E-state index contributed by atoms with van der Waals surface area (Å²) in [5.74, 6) is -0.394. The highest BCUT2D eigenvalue weighted by Crippen LogP contribution is 2.14. The second-order valence-corrected chi connectivity index (χ2v) is 3.65. The van der Waals surface area contributed by atoms with Crippen LogP contribution >= 0.6 is 11.6 Å². The van der Waals surface area contributed by atoms with E-state index in [0.717, 1.165) is 0 Å². The van der Waals surface area contributed by atoms with Gasteiger partial charge >= 0.3 is 0 Å². The van der Waals surface area contributed by atoms with Crippen LogP contribution in [0.2, 0.25) is 5.02 Å². The number of carbonyl (C=O) groups excluding carboxylic acids is 2. The molecule has 0 aromatic carbocycles. The maximum absolute atomic E-state index is 11.6. The summed E-state index contributed by atoms with van der Waals surface area (Å²) in [6.45, 7) is 0.214. The average molecular weight is 257 g/mol. The number of nitrogens with zero attached hydrogens (tertiary/aromatic N) is 1. The number of nitrogens with one attached hydrogen (secondary N) is 2. The van der Waals surface area contributed by atoms with Crippen molar-refractivity contribution in [2.45, 2.75) is 6.42 Å². The lowest BCUT2D eigenvalue weighted by Gasteiger charge is -2.06. The van der Waals surface area contributed by atoms with Crippen LogP contribution in [-0.4, -0.2) is 30.4 Å². The molecule has 7 heteroatoms. The Morgan fingerprint density at radius 3 is 2.82 bits per heavy atom. The zero-order valence-corrected chi connectivity index (χ0v) is 10.0. The first kappa shape index (κ1) is 13.2. The van der Waals surface area contributed by atoms with Crippen molar-refractivity contribution >= 4 is 29.2 Å². The lowest BCUT2D eigenvalue weighted by Crippen LogP contribution is -2.30. The SMILES string of the molecule is CNC(=O)CCNC(=O)c1nc(N)ccc1Cl. The van der Waals surface area contributed by atoms with E-state index in [2.05, 4.69) is 15.6 Å². The van der Waals surface area contributed by atoms with Crippen molar-refractivity contribution < 1.29 is 9.59 Å². The molecule has 0 aliphatic rings. The van der Waals surface area contributed by atoms with Gasteiger partial charge in [-0.1, -0.05) is 11.6 Å². The Morgan fingerprint density at radius 2 is 2.18 bits per heavy atom. The fourth-order valence-electron chi connectivity index (χ4n) is 1.11. The van der Waals surface area contributed by atoms with Crippen molar-refractivity contribution in [3.8, 4) is 0 Å². The van der Waals surface area contributed by atoms with Gasteiger partial charge in [-0.25, -0.2) is 4.98 Å². The molecule has 0 unspecified atom stereocenters. The predicted octanol–water partition coefficient (Wildman–Crippen LogP) is 0.183. The van der Waals surface area contributed by atoms with Crippen molar-refractivity contribution in [2.75, 3.05) is 19.3 Å². The number of pyridine rings is 1. The van der Waals surface area contributed by atoms with Crippen molar-refractivity contribution in [1.82, 2.24) is 15.6 Å². The van der Waals surface area contributed by atoms with Gasteiger partial charge in [0, 0.05) is 20.0 Å². The second-order valence-electron chi connectivity index (χ2n) is 3.25. The molecular formula is C10H13ClN4O2. The maximum Gasteiger partial charge on any atom is 0.271 e. The van der Waals surface area contributed by atoms with Gasteiger partial charge in [0.25, 0.3) is 5.91 Å². The molecular weight excluding hydrogens is 244 g/mol. The van der Waals surface area contributed by atoms with Gasteiger partial charge in [-0.05, 0) is 12.1 Å². The predicted molar refractivity (Wildman–Crippen MR) is 64.7 cm³/mol. The minimum absolute atomic E-state index is 0.0589. The van der Waals surface area contributed by atoms with Crippen molar-refractivity contribution in [3.63, 3.8) is 0 Å². The highest BCUT2D eigenvalue weighted by Gasteiger charge is 2.12. The summed E-state index contributed by atoms with van der Waals surface area (Å²) < 4.78 is 0. The van der Waals surface area contributed by atoms with Gasteiger partial charge in [0.15, 0.2) is 0 Å². The summed E-state index contributed by atoms with van der Waals surface area (Å²) in [7, 11) is 1.53. The van der Waals surface area contributed by atoms with Gasteiger partial charge in [0.1, 0.15) is 11.5 Å². The van der Waals surface area contributed by atoms with E-state index in [1.807, 2.05) is 0 Å². The van der Waals surface area contributed by atoms with Gasteiger partial charge < -0.3 is 16.4 Å². The summed E-state index contributed by atoms with van der Waals surface area (Å²) >= 11 is 5.80. The number of aromatic nitrogens is 1. The lowest BCUT2D eigenvalue weighted by atomic mass is 10.3. The van der Waals surface area contributed by atoms with Crippen LogP contribution in [0.3, 0.4) is 0 Å². The molecule has 1 rings (SSSR count). The van der Waals surface area contributed by atoms with Crippen LogP contribution in [0.15, 0.2) is 12.1 Å². The molecule has 0 aliphatic carbocycles. The number of amides is 2. The molecule has 92 valence electrons. The molecule has 0 saturated carbocycles. The standard InChI is InChI=1S/C10H13ClN4O2/c1-13-8(16)4-5-14-10(17)9-6(11)2-3-7(12)15-9/h2-3H,4-5H2,1H3,(H2,12,15)(H,13,16)(H,14,17). The molecule has 1 aromatic heterocycles. The molecule has 0 fully saturated rings. The molecule has 1 aromatic rings. The molecule has 0 spiro atoms. The van der Waals surface area contributed by atoms with E-state index in [4.69, 9.17) is 17.3 Å². The minimum atomic E-state index is -0.453. The Morgan fingerprint density at radius 1 is 1.47 bits per heavy atom. The number of hydrogen-bond donors (Lipinski definition) is 3. The molecule has 0 atom stereocenters. The van der Waals surface area contributed by atoms with Crippen LogP contribution in [-0.2, 0) is 4.79 Å². The summed E-state index contributed by atoms with van der Waals surface area (Å²) in [6.07, 6.45) is 0.197. The molecule has 6 nitrogen and oxygen atoms in total. The van der Waals surface area contributed by atoms with Crippen LogP contribution in [0.25, 0.3) is 0 Å². The smallest absolute Gasteiger partial charge is 0.271 e. The minimum Gasteiger partial charge on any atom is -0.384 e. The van der Waals surface area contributed by atoms with E-state index in [0.29, 0.717) is 0 Å². The third-order valence-electron chi connectivity index (χ3n) is 2.00. The molecule has 2 amide bonds. The summed E-state index contributed by atoms with van der Waals surface area (Å²) in [5, 5.41) is 5.20. The molecule has 0 saturated heterocycles. The number of hydrogen-bond acceptors (Lipinski definition) is 4. The molecule has 17 heavy (non-hydrogen) atoms. The Balaban J connectivity index is 2.58. The molecule has 0 radical (unpaired) electrons. The molecule has 4 N–H and O–H groups in total. The molecule has 1 heterocycles. The van der Waals surface area contributed by atoms with Gasteiger partial charge in [-0.2, -0.15) is 0 Å². The zero-order valence-electron chi connectivity index (χ0n) is 9.29. The largest absolute Gasteiger partial charge is 0.384 e. The monoisotopic (exact) mass is 256 g/mol. The molecule has 0 bridgehead atoms. The number of rotatable bonds is 4. The fourth-order valence-corrected chi connectivity index (χ4v) is 1.31. The summed E-state index contributed by atoms with van der Waals surface area (Å²) in [6, 6.07) is 3.00. The molecule has 0 aliphatic heterocycles. The van der Waals surface area contributed by atoms with Crippen LogP contribution in [0.1, 0.15) is 16.9 Å². The lowest BCUT2D eigenvalue weighted by molar-refractivity contribution is -0.120. The number of halogens is 1. The van der Waals surface area contributed by atoms with Gasteiger partial charge in [0.2, 0.25) is 5.91 Å². The van der Waals surface area contributed by atoms with E-state index in [1.165, 1.54) is 19.2 Å². The Bertz CT molecular complexity index is 436.